The number of carboxylic acid groups (broad SMARTS) is 1. The first-order valence-corrected chi connectivity index (χ1v) is 9.25. The number of amides is 1. The van der Waals surface area contributed by atoms with Crippen molar-refractivity contribution < 1.29 is 24.2 Å². The van der Waals surface area contributed by atoms with E-state index in [-0.39, 0.29) is 30.6 Å². The highest BCUT2D eigenvalue weighted by Gasteiger charge is 2.37. The fourth-order valence-corrected chi connectivity index (χ4v) is 3.81. The van der Waals surface area contributed by atoms with Crippen molar-refractivity contribution in [1.82, 2.24) is 9.88 Å². The molecule has 2 atom stereocenters. The Labute approximate surface area is 153 Å². The van der Waals surface area contributed by atoms with Crippen LogP contribution in [0.25, 0.3) is 0 Å². The fraction of sp³-hybridized carbons (Fsp3) is 0.632. The number of nitrogens with zero attached hydrogens (tertiary/aromatic N) is 2. The van der Waals surface area contributed by atoms with Gasteiger partial charge in [-0.3, -0.25) is 9.59 Å². The zero-order valence-electron chi connectivity index (χ0n) is 15.1. The number of rotatable bonds is 6. The molecule has 0 aromatic carbocycles. The van der Waals surface area contributed by atoms with Crippen LogP contribution in [-0.4, -0.2) is 58.8 Å². The van der Waals surface area contributed by atoms with E-state index in [9.17, 15) is 9.59 Å². The number of likely N-dealkylation sites (tertiary alicyclic amines) is 1. The molecule has 7 heteroatoms. The minimum Gasteiger partial charge on any atom is -0.481 e. The van der Waals surface area contributed by atoms with E-state index in [0.29, 0.717) is 24.4 Å². The first-order chi connectivity index (χ1) is 12.6. The first-order valence-electron chi connectivity index (χ1n) is 9.25. The average Bonchev–Trinajstić information content (AvgIpc) is 3.04. The predicted octanol–water partition coefficient (Wildman–Crippen LogP) is 2.50. The topological polar surface area (TPSA) is 89.0 Å². The van der Waals surface area contributed by atoms with E-state index in [1.54, 1.807) is 30.3 Å². The van der Waals surface area contributed by atoms with Gasteiger partial charge >= 0.3 is 5.97 Å². The van der Waals surface area contributed by atoms with Gasteiger partial charge < -0.3 is 19.5 Å². The normalized spacial score (nSPS) is 23.8. The number of hydrogen-bond donors (Lipinski definition) is 1. The Morgan fingerprint density at radius 1 is 1.27 bits per heavy atom. The summed E-state index contributed by atoms with van der Waals surface area (Å²) in [5.74, 6) is -0.660. The Morgan fingerprint density at radius 3 is 2.73 bits per heavy atom. The number of carbonyl (C=O) groups is 2. The van der Waals surface area contributed by atoms with Crippen molar-refractivity contribution in [3.8, 4) is 5.88 Å². The predicted molar refractivity (Wildman–Crippen MR) is 94.2 cm³/mol. The van der Waals surface area contributed by atoms with Crippen LogP contribution in [0.1, 0.15) is 55.3 Å². The van der Waals surface area contributed by atoms with Crippen LogP contribution in [0.15, 0.2) is 18.3 Å². The molecule has 2 heterocycles. The van der Waals surface area contributed by atoms with Gasteiger partial charge in [-0.05, 0) is 38.2 Å². The molecule has 0 radical (unpaired) electrons. The zero-order chi connectivity index (χ0) is 18.5. The minimum absolute atomic E-state index is 0.0812. The Bertz CT molecular complexity index is 645. The fourth-order valence-electron chi connectivity index (χ4n) is 3.81. The molecule has 7 nitrogen and oxygen atoms in total. The maximum absolute atomic E-state index is 12.9. The molecule has 3 rings (SSSR count). The number of carbonyl (C=O) groups excluding carboxylic acids is 1. The lowest BCUT2D eigenvalue weighted by Gasteiger charge is -2.24. The molecule has 1 amide bonds. The van der Waals surface area contributed by atoms with E-state index in [2.05, 4.69) is 4.98 Å². The molecule has 1 saturated carbocycles. The molecule has 2 aliphatic rings. The summed E-state index contributed by atoms with van der Waals surface area (Å²) < 4.78 is 11.3. The molecule has 1 aromatic rings. The summed E-state index contributed by atoms with van der Waals surface area (Å²) in [6.45, 7) is 0.397. The van der Waals surface area contributed by atoms with Gasteiger partial charge in [-0.2, -0.15) is 0 Å². The maximum Gasteiger partial charge on any atom is 0.305 e. The van der Waals surface area contributed by atoms with E-state index in [4.69, 9.17) is 14.6 Å². The molecule has 1 aromatic heterocycles. The van der Waals surface area contributed by atoms with Crippen LogP contribution in [0.5, 0.6) is 5.88 Å². The van der Waals surface area contributed by atoms with Crippen LogP contribution >= 0.6 is 0 Å². The van der Waals surface area contributed by atoms with Crippen molar-refractivity contribution in [2.45, 2.75) is 63.2 Å². The summed E-state index contributed by atoms with van der Waals surface area (Å²) in [4.78, 5) is 29.9. The molecular formula is C19H26N2O5. The molecule has 0 bridgehead atoms. The van der Waals surface area contributed by atoms with Crippen LogP contribution in [0.4, 0.5) is 0 Å². The second-order valence-corrected chi connectivity index (χ2v) is 7.06. The van der Waals surface area contributed by atoms with Crippen molar-refractivity contribution in [2.24, 2.45) is 0 Å². The van der Waals surface area contributed by atoms with Crippen LogP contribution in [0.2, 0.25) is 0 Å². The number of methoxy groups -OCH3 is 1. The number of pyridine rings is 1. The van der Waals surface area contributed by atoms with Crippen molar-refractivity contribution in [3.63, 3.8) is 0 Å². The molecule has 1 aliphatic carbocycles. The summed E-state index contributed by atoms with van der Waals surface area (Å²) >= 11 is 0. The number of aliphatic carboxylic acids is 1. The quantitative estimate of drug-likeness (QED) is 0.836. The summed E-state index contributed by atoms with van der Waals surface area (Å²) in [7, 11) is 1.58. The van der Waals surface area contributed by atoms with Gasteiger partial charge in [-0.1, -0.05) is 6.42 Å². The van der Waals surface area contributed by atoms with E-state index in [1.165, 1.54) is 6.42 Å². The molecule has 142 valence electrons. The monoisotopic (exact) mass is 362 g/mol. The first kappa shape index (κ1) is 18.6. The van der Waals surface area contributed by atoms with Crippen LogP contribution in [0.3, 0.4) is 0 Å². The number of carboxylic acids is 1. The summed E-state index contributed by atoms with van der Waals surface area (Å²) in [5, 5.41) is 9.12. The van der Waals surface area contributed by atoms with Crippen molar-refractivity contribution >= 4 is 11.9 Å². The van der Waals surface area contributed by atoms with Crippen molar-refractivity contribution in [2.75, 3.05) is 13.7 Å². The Balaban J connectivity index is 1.71. The van der Waals surface area contributed by atoms with Gasteiger partial charge in [-0.15, -0.1) is 0 Å². The van der Waals surface area contributed by atoms with Crippen molar-refractivity contribution in [3.05, 3.63) is 23.9 Å². The summed E-state index contributed by atoms with van der Waals surface area (Å²) in [5.41, 5.74) is 0.470. The third-order valence-electron chi connectivity index (χ3n) is 5.20. The Morgan fingerprint density at radius 2 is 2.04 bits per heavy atom. The molecule has 2 fully saturated rings. The van der Waals surface area contributed by atoms with Gasteiger partial charge in [0.25, 0.3) is 5.91 Å². The second kappa shape index (κ2) is 8.49. The lowest BCUT2D eigenvalue weighted by molar-refractivity contribution is -0.138. The SMILES string of the molecule is COC1CC(CC(=O)O)N(C(=O)c2ccnc(OC3CCCCC3)c2)C1. The zero-order valence-corrected chi connectivity index (χ0v) is 15.1. The Hall–Kier alpha value is -2.15. The van der Waals surface area contributed by atoms with Gasteiger partial charge in [0.1, 0.15) is 6.10 Å². The smallest absolute Gasteiger partial charge is 0.305 e. The van der Waals surface area contributed by atoms with Gasteiger partial charge in [0.2, 0.25) is 5.88 Å². The molecule has 26 heavy (non-hydrogen) atoms. The van der Waals surface area contributed by atoms with E-state index in [0.717, 1.165) is 25.7 Å². The Kier molecular flexibility index (Phi) is 6.08. The van der Waals surface area contributed by atoms with E-state index < -0.39 is 5.97 Å². The maximum atomic E-state index is 12.9. The number of aromatic nitrogens is 1. The highest BCUT2D eigenvalue weighted by atomic mass is 16.5. The van der Waals surface area contributed by atoms with Crippen LogP contribution in [-0.2, 0) is 9.53 Å². The average molecular weight is 362 g/mol. The molecule has 2 unspecified atom stereocenters. The molecule has 0 spiro atoms. The van der Waals surface area contributed by atoms with E-state index in [1.807, 2.05) is 0 Å². The standard InChI is InChI=1S/C19H26N2O5/c1-25-16-10-14(11-18(22)23)21(12-16)19(24)13-7-8-20-17(9-13)26-15-5-3-2-4-6-15/h7-9,14-16H,2-6,10-12H2,1H3,(H,22,23). The highest BCUT2D eigenvalue weighted by Crippen LogP contribution is 2.26. The van der Waals surface area contributed by atoms with Crippen molar-refractivity contribution in [1.29, 1.82) is 0 Å². The highest BCUT2D eigenvalue weighted by molar-refractivity contribution is 5.95. The lowest BCUT2D eigenvalue weighted by Crippen LogP contribution is -2.37. The van der Waals surface area contributed by atoms with Crippen LogP contribution in [0, 0.1) is 0 Å². The molecule has 1 saturated heterocycles. The number of hydrogen-bond acceptors (Lipinski definition) is 5. The van der Waals surface area contributed by atoms with Crippen LogP contribution < -0.4 is 4.74 Å². The molecule has 1 aliphatic heterocycles. The third kappa shape index (κ3) is 4.52. The lowest BCUT2D eigenvalue weighted by atomic mass is 9.98. The minimum atomic E-state index is -0.916. The van der Waals surface area contributed by atoms with Gasteiger partial charge in [0, 0.05) is 37.5 Å². The van der Waals surface area contributed by atoms with E-state index >= 15 is 0 Å². The second-order valence-electron chi connectivity index (χ2n) is 7.06. The summed E-state index contributed by atoms with van der Waals surface area (Å²) in [6, 6.07) is 2.95. The number of ether oxygens (including phenoxy) is 2. The largest absolute Gasteiger partial charge is 0.481 e. The third-order valence-corrected chi connectivity index (χ3v) is 5.20. The molecular weight excluding hydrogens is 336 g/mol. The van der Waals surface area contributed by atoms with Gasteiger partial charge in [0.15, 0.2) is 0 Å². The van der Waals surface area contributed by atoms with Gasteiger partial charge in [-0.25, -0.2) is 4.98 Å². The molecule has 1 N–H and O–H groups in total. The van der Waals surface area contributed by atoms with Gasteiger partial charge in [0.05, 0.1) is 12.5 Å². The summed E-state index contributed by atoms with van der Waals surface area (Å²) in [6.07, 6.45) is 7.64.